The van der Waals surface area contributed by atoms with Crippen molar-refractivity contribution in [1.82, 2.24) is 4.72 Å². The van der Waals surface area contributed by atoms with Gasteiger partial charge in [0.1, 0.15) is 6.04 Å². The normalized spacial score (nSPS) is 12.2. The minimum absolute atomic E-state index is 0.00288. The molecule has 2 aromatic carbocycles. The highest BCUT2D eigenvalue weighted by atomic mass is 32.2. The summed E-state index contributed by atoms with van der Waals surface area (Å²) in [5.74, 6) is -2.14. The van der Waals surface area contributed by atoms with Crippen LogP contribution in [0.25, 0.3) is 0 Å². The maximum absolute atomic E-state index is 12.7. The molecule has 1 atom stereocenters. The Morgan fingerprint density at radius 1 is 1.12 bits per heavy atom. The van der Waals surface area contributed by atoms with Crippen LogP contribution in [-0.4, -0.2) is 45.0 Å². The first kappa shape index (κ1) is 26.7. The number of sulfonamides is 1. The quantitative estimate of drug-likeness (QED) is 0.291. The van der Waals surface area contributed by atoms with E-state index in [0.717, 1.165) is 5.56 Å². The summed E-state index contributed by atoms with van der Waals surface area (Å²) in [7, 11) is -2.74. The third-order valence-corrected chi connectivity index (χ3v) is 6.33. The van der Waals surface area contributed by atoms with Crippen LogP contribution in [0, 0.1) is 29.9 Å². The number of hydrogen-bond acceptors (Lipinski definition) is 8. The molecule has 0 unspecified atom stereocenters. The predicted octanol–water partition coefficient (Wildman–Crippen LogP) is 2.71. The first-order chi connectivity index (χ1) is 15.9. The summed E-state index contributed by atoms with van der Waals surface area (Å²) in [5.41, 5.74) is 1.26. The van der Waals surface area contributed by atoms with Crippen molar-refractivity contribution < 1.29 is 32.4 Å². The molecule has 0 bridgehead atoms. The van der Waals surface area contributed by atoms with Gasteiger partial charge in [-0.15, -0.1) is 0 Å². The second-order valence-electron chi connectivity index (χ2n) is 7.91. The third kappa shape index (κ3) is 6.75. The highest BCUT2D eigenvalue weighted by Gasteiger charge is 2.30. The molecule has 0 heterocycles. The number of amides is 1. The molecule has 34 heavy (non-hydrogen) atoms. The predicted molar refractivity (Wildman–Crippen MR) is 124 cm³/mol. The molecule has 0 radical (unpaired) electrons. The maximum Gasteiger partial charge on any atom is 0.324 e. The molecule has 11 nitrogen and oxygen atoms in total. The minimum atomic E-state index is -4.00. The number of ether oxygens (including phenoxy) is 2. The second kappa shape index (κ2) is 11.1. The molecule has 0 aromatic heterocycles. The molecule has 2 N–H and O–H groups in total. The molecule has 1 amide bonds. The van der Waals surface area contributed by atoms with E-state index in [0.29, 0.717) is 5.56 Å². The minimum Gasteiger partial charge on any atom is -0.490 e. The molecular weight excluding hydrogens is 466 g/mol. The lowest BCUT2D eigenvalue weighted by atomic mass is 10.1. The van der Waals surface area contributed by atoms with Crippen molar-refractivity contribution in [3.8, 4) is 5.75 Å². The number of aryl methyl sites for hydroxylation is 2. The number of nitro benzene ring substituents is 1. The number of carbonyl (C=O) groups excluding carboxylic acids is 2. The monoisotopic (exact) mass is 493 g/mol. The Kier molecular flexibility index (Phi) is 8.71. The Hall–Kier alpha value is -3.51. The molecule has 184 valence electrons. The van der Waals surface area contributed by atoms with Crippen molar-refractivity contribution in [2.45, 2.75) is 38.6 Å². The van der Waals surface area contributed by atoms with Crippen LogP contribution in [0.5, 0.6) is 5.75 Å². The van der Waals surface area contributed by atoms with Crippen molar-refractivity contribution in [2.24, 2.45) is 5.92 Å². The number of carbonyl (C=O) groups is 2. The van der Waals surface area contributed by atoms with Gasteiger partial charge in [0.05, 0.1) is 16.9 Å². The van der Waals surface area contributed by atoms with Crippen molar-refractivity contribution >= 4 is 33.3 Å². The summed E-state index contributed by atoms with van der Waals surface area (Å²) < 4.78 is 37.7. The molecule has 0 aliphatic carbocycles. The highest BCUT2D eigenvalue weighted by Crippen LogP contribution is 2.32. The van der Waals surface area contributed by atoms with Crippen molar-refractivity contribution in [2.75, 3.05) is 19.0 Å². The first-order valence-electron chi connectivity index (χ1n) is 10.2. The Labute approximate surface area is 197 Å². The molecule has 0 spiro atoms. The van der Waals surface area contributed by atoms with Gasteiger partial charge in [0.15, 0.2) is 12.4 Å². The number of esters is 1. The van der Waals surface area contributed by atoms with E-state index in [1.54, 1.807) is 32.9 Å². The van der Waals surface area contributed by atoms with Crippen LogP contribution in [0.3, 0.4) is 0 Å². The highest BCUT2D eigenvalue weighted by molar-refractivity contribution is 7.89. The first-order valence-corrected chi connectivity index (χ1v) is 11.7. The summed E-state index contributed by atoms with van der Waals surface area (Å²) in [4.78, 5) is 35.4. The van der Waals surface area contributed by atoms with Crippen LogP contribution < -0.4 is 14.8 Å². The van der Waals surface area contributed by atoms with Gasteiger partial charge in [-0.3, -0.25) is 19.7 Å². The molecule has 0 aliphatic heterocycles. The zero-order valence-corrected chi connectivity index (χ0v) is 20.3. The number of benzene rings is 2. The fraction of sp³-hybridized carbons (Fsp3) is 0.364. The maximum atomic E-state index is 12.7. The van der Waals surface area contributed by atoms with E-state index >= 15 is 0 Å². The van der Waals surface area contributed by atoms with Gasteiger partial charge >= 0.3 is 11.7 Å². The van der Waals surface area contributed by atoms with Gasteiger partial charge in [0, 0.05) is 17.8 Å². The Bertz CT molecular complexity index is 1180. The Balaban J connectivity index is 2.07. The molecule has 0 saturated carbocycles. The van der Waals surface area contributed by atoms with Crippen LogP contribution in [0.1, 0.15) is 25.0 Å². The van der Waals surface area contributed by atoms with E-state index in [2.05, 4.69) is 10.0 Å². The fourth-order valence-corrected chi connectivity index (χ4v) is 4.27. The lowest BCUT2D eigenvalue weighted by Gasteiger charge is -2.21. The number of nitrogens with one attached hydrogen (secondary N) is 2. The average molecular weight is 494 g/mol. The Morgan fingerprint density at radius 3 is 2.26 bits per heavy atom. The average Bonchev–Trinajstić information content (AvgIpc) is 2.77. The summed E-state index contributed by atoms with van der Waals surface area (Å²) in [6, 6.07) is 7.44. The molecule has 0 aliphatic rings. The number of nitro groups is 1. The van der Waals surface area contributed by atoms with E-state index < -0.39 is 45.4 Å². The lowest BCUT2D eigenvalue weighted by Crippen LogP contribution is -2.45. The molecule has 2 aromatic rings. The molecular formula is C22H27N3O8S. The largest absolute Gasteiger partial charge is 0.490 e. The van der Waals surface area contributed by atoms with E-state index in [1.807, 2.05) is 6.92 Å². The molecule has 0 saturated heterocycles. The lowest BCUT2D eigenvalue weighted by molar-refractivity contribution is -0.385. The van der Waals surface area contributed by atoms with E-state index in [9.17, 15) is 28.1 Å². The van der Waals surface area contributed by atoms with Gasteiger partial charge in [0.2, 0.25) is 10.0 Å². The van der Waals surface area contributed by atoms with Crippen molar-refractivity contribution in [3.63, 3.8) is 0 Å². The summed E-state index contributed by atoms with van der Waals surface area (Å²) >= 11 is 0. The number of hydrogen-bond donors (Lipinski definition) is 2. The van der Waals surface area contributed by atoms with E-state index in [-0.39, 0.29) is 22.0 Å². The summed E-state index contributed by atoms with van der Waals surface area (Å²) in [6.45, 7) is 5.96. The number of methoxy groups -OCH3 is 1. The molecule has 2 rings (SSSR count). The summed E-state index contributed by atoms with van der Waals surface area (Å²) in [6.07, 6.45) is 0. The summed E-state index contributed by atoms with van der Waals surface area (Å²) in [5, 5.41) is 13.6. The van der Waals surface area contributed by atoms with Crippen LogP contribution >= 0.6 is 0 Å². The SMILES string of the molecule is COc1cc(NC(=O)COC(=O)[C@@H](NS(=O)(=O)c2ccc(C)cc2)C(C)C)c(C)cc1[N+](=O)[O-]. The van der Waals surface area contributed by atoms with Crippen molar-refractivity contribution in [3.05, 3.63) is 57.6 Å². The van der Waals surface area contributed by atoms with Crippen molar-refractivity contribution in [1.29, 1.82) is 0 Å². The van der Waals surface area contributed by atoms with Crippen LogP contribution in [0.2, 0.25) is 0 Å². The third-order valence-electron chi connectivity index (χ3n) is 4.88. The van der Waals surface area contributed by atoms with Gasteiger partial charge in [0.25, 0.3) is 5.91 Å². The van der Waals surface area contributed by atoms with E-state index in [4.69, 9.17) is 9.47 Å². The zero-order valence-electron chi connectivity index (χ0n) is 19.4. The smallest absolute Gasteiger partial charge is 0.324 e. The number of anilines is 1. The van der Waals surface area contributed by atoms with Gasteiger partial charge < -0.3 is 14.8 Å². The molecule has 0 fully saturated rings. The Morgan fingerprint density at radius 2 is 1.74 bits per heavy atom. The second-order valence-corrected chi connectivity index (χ2v) is 9.62. The van der Waals surface area contributed by atoms with Gasteiger partial charge in [-0.1, -0.05) is 31.5 Å². The van der Waals surface area contributed by atoms with Crippen LogP contribution in [0.15, 0.2) is 41.3 Å². The number of rotatable bonds is 10. The van der Waals surface area contributed by atoms with Gasteiger partial charge in [-0.25, -0.2) is 8.42 Å². The van der Waals surface area contributed by atoms with Gasteiger partial charge in [-0.05, 0) is 37.5 Å². The van der Waals surface area contributed by atoms with Crippen LogP contribution in [0.4, 0.5) is 11.4 Å². The standard InChI is InChI=1S/C22H27N3O8S/c1-13(2)21(24-34(30,31)16-8-6-14(3)7-9-16)22(27)33-12-20(26)23-17-11-19(32-5)18(25(28)29)10-15(17)4/h6-11,13,21,24H,12H2,1-5H3,(H,23,26)/t21-/m0/s1. The molecule has 12 heteroatoms. The van der Waals surface area contributed by atoms with E-state index in [1.165, 1.54) is 31.4 Å². The number of nitrogens with zero attached hydrogens (tertiary/aromatic N) is 1. The fourth-order valence-electron chi connectivity index (χ4n) is 2.94. The topological polar surface area (TPSA) is 154 Å². The van der Waals surface area contributed by atoms with Gasteiger partial charge in [-0.2, -0.15) is 4.72 Å². The van der Waals surface area contributed by atoms with Crippen LogP contribution in [-0.2, 0) is 24.3 Å². The zero-order chi connectivity index (χ0) is 25.6.